The first-order chi connectivity index (χ1) is 20.3. The van der Waals surface area contributed by atoms with Gasteiger partial charge in [0, 0.05) is 41.0 Å². The van der Waals surface area contributed by atoms with Gasteiger partial charge in [-0.2, -0.15) is 4.57 Å². The maximum absolute atomic E-state index is 5.12. The number of hydrogen-bond acceptors (Lipinski definition) is 2. The molecule has 3 heterocycles. The normalized spacial score (nSPS) is 10.8. The van der Waals surface area contributed by atoms with Crippen molar-refractivity contribution >= 4 is 22.6 Å². The summed E-state index contributed by atoms with van der Waals surface area (Å²) in [5, 5.41) is 0. The van der Waals surface area contributed by atoms with Crippen LogP contribution in [0.3, 0.4) is 0 Å². The molecule has 0 amide bonds. The lowest BCUT2D eigenvalue weighted by atomic mass is 10.0. The van der Waals surface area contributed by atoms with Crippen LogP contribution in [0.2, 0.25) is 0 Å². The van der Waals surface area contributed by atoms with E-state index in [9.17, 15) is 0 Å². The molecule has 0 fully saturated rings. The minimum atomic E-state index is 0. The third-order valence-corrected chi connectivity index (χ3v) is 7.48. The quantitative estimate of drug-likeness (QED) is 0.171. The second kappa shape index (κ2) is 12.0. The fraction of sp³-hybridized carbons (Fsp3) is 0.0270. The first kappa shape index (κ1) is 27.4. The number of pyridine rings is 2. The van der Waals surface area contributed by atoms with E-state index >= 15 is 0 Å². The molecule has 3 aromatic heterocycles. The Kier molecular flexibility index (Phi) is 7.84. The van der Waals surface area contributed by atoms with Gasteiger partial charge in [-0.15, -0.1) is 0 Å². The van der Waals surface area contributed by atoms with Crippen LogP contribution in [0.15, 0.2) is 158 Å². The summed E-state index contributed by atoms with van der Waals surface area (Å²) in [6, 6.07) is 50.9. The summed E-state index contributed by atoms with van der Waals surface area (Å²) in [5.74, 6) is 0.933. The van der Waals surface area contributed by atoms with E-state index in [1.165, 1.54) is 11.1 Å². The average molecular weight is 657 g/mol. The van der Waals surface area contributed by atoms with Crippen LogP contribution < -0.4 is 33.4 Å². The highest BCUT2D eigenvalue weighted by Gasteiger charge is 2.19. The Bertz CT molecular complexity index is 1890. The van der Waals surface area contributed by atoms with Gasteiger partial charge in [-0.25, -0.2) is 4.98 Å². The van der Waals surface area contributed by atoms with Crippen molar-refractivity contribution in [3.05, 3.63) is 158 Å². The Hall–Kier alpha value is -4.75. The summed E-state index contributed by atoms with van der Waals surface area (Å²) < 4.78 is 4.29. The molecule has 0 aliphatic heterocycles. The number of rotatable bonds is 6. The molecule has 0 radical (unpaired) electrons. The van der Waals surface area contributed by atoms with Crippen LogP contribution in [0.4, 0.5) is 17.1 Å². The van der Waals surface area contributed by atoms with E-state index in [0.717, 1.165) is 45.4 Å². The van der Waals surface area contributed by atoms with E-state index in [1.807, 2.05) is 18.2 Å². The number of imidazole rings is 1. The lowest BCUT2D eigenvalue weighted by Gasteiger charge is -2.25. The lowest BCUT2D eigenvalue weighted by molar-refractivity contribution is -0.660. The largest absolute Gasteiger partial charge is 1.00 e. The van der Waals surface area contributed by atoms with Gasteiger partial charge in [-0.05, 0) is 65.7 Å². The third kappa shape index (κ3) is 5.19. The highest BCUT2D eigenvalue weighted by Crippen LogP contribution is 2.36. The van der Waals surface area contributed by atoms with Gasteiger partial charge in [0.15, 0.2) is 11.9 Å². The summed E-state index contributed by atoms with van der Waals surface area (Å²) in [7, 11) is 2.06. The molecule has 0 bridgehead atoms. The number of aromatic nitrogens is 3. The Labute approximate surface area is 263 Å². The summed E-state index contributed by atoms with van der Waals surface area (Å²) in [6.07, 6.45) is 4.14. The minimum Gasteiger partial charge on any atom is -1.00 e. The van der Waals surface area contributed by atoms with Crippen LogP contribution in [0.25, 0.3) is 39.4 Å². The van der Waals surface area contributed by atoms with Gasteiger partial charge in [-0.3, -0.25) is 4.40 Å². The van der Waals surface area contributed by atoms with Crippen LogP contribution in [0.5, 0.6) is 0 Å². The topological polar surface area (TPSA) is 24.4 Å². The molecule has 204 valence electrons. The number of fused-ring (bicyclic) bond motifs is 1. The first-order valence-electron chi connectivity index (χ1n) is 13.8. The van der Waals surface area contributed by atoms with Crippen LogP contribution in [0.1, 0.15) is 0 Å². The summed E-state index contributed by atoms with van der Waals surface area (Å²) in [6.45, 7) is 0. The lowest BCUT2D eigenvalue weighted by Crippen LogP contribution is -3.00. The fourth-order valence-corrected chi connectivity index (χ4v) is 5.42. The fourth-order valence-electron chi connectivity index (χ4n) is 5.42. The van der Waals surface area contributed by atoms with E-state index in [1.54, 1.807) is 0 Å². The summed E-state index contributed by atoms with van der Waals surface area (Å²) >= 11 is 0. The molecular weight excluding hydrogens is 627 g/mol. The number of para-hydroxylation sites is 2. The Balaban J connectivity index is 0.00000316. The Morgan fingerprint density at radius 1 is 0.548 bits per heavy atom. The maximum Gasteiger partial charge on any atom is 0.233 e. The third-order valence-electron chi connectivity index (χ3n) is 7.48. The van der Waals surface area contributed by atoms with Gasteiger partial charge in [0.05, 0.1) is 5.52 Å². The summed E-state index contributed by atoms with van der Waals surface area (Å²) in [5.41, 5.74) is 9.95. The number of anilines is 3. The molecular formula is C37H29IN4. The van der Waals surface area contributed by atoms with Crippen LogP contribution >= 0.6 is 0 Å². The highest BCUT2D eigenvalue weighted by molar-refractivity contribution is 5.80. The van der Waals surface area contributed by atoms with E-state index < -0.39 is 0 Å². The smallest absolute Gasteiger partial charge is 0.233 e. The van der Waals surface area contributed by atoms with Crippen molar-refractivity contribution in [1.82, 2.24) is 9.38 Å². The second-order valence-electron chi connectivity index (χ2n) is 10.1. The molecule has 0 saturated carbocycles. The zero-order valence-corrected chi connectivity index (χ0v) is 25.3. The molecule has 0 atom stereocenters. The van der Waals surface area contributed by atoms with Gasteiger partial charge in [-0.1, -0.05) is 78.9 Å². The summed E-state index contributed by atoms with van der Waals surface area (Å²) in [4.78, 5) is 7.40. The maximum atomic E-state index is 5.12. The van der Waals surface area contributed by atoms with Crippen LogP contribution in [-0.2, 0) is 7.05 Å². The van der Waals surface area contributed by atoms with E-state index in [4.69, 9.17) is 4.98 Å². The molecule has 0 aliphatic rings. The Morgan fingerprint density at radius 3 is 1.69 bits per heavy atom. The number of hydrogen-bond donors (Lipinski definition) is 0. The second-order valence-corrected chi connectivity index (χ2v) is 10.1. The van der Waals surface area contributed by atoms with E-state index in [2.05, 4.69) is 161 Å². The van der Waals surface area contributed by atoms with Gasteiger partial charge in [0.2, 0.25) is 5.69 Å². The minimum absolute atomic E-state index is 0. The van der Waals surface area contributed by atoms with Crippen LogP contribution in [-0.4, -0.2) is 9.38 Å². The zero-order chi connectivity index (χ0) is 27.6. The standard InChI is InChI=1S/C37H29N4.HI/c1-39-26-10-8-16-34(39)36-35-17-9-11-27-40(35)37(38-36)30-20-18-28(19-21-30)29-22-24-33(25-23-29)41(31-12-4-2-5-13-31)32-14-6-3-7-15-32;/h2-27H,1H3;1H/q+1;/p-1. The van der Waals surface area contributed by atoms with Crippen molar-refractivity contribution in [2.45, 2.75) is 0 Å². The monoisotopic (exact) mass is 656 g/mol. The number of benzene rings is 4. The predicted octanol–water partition coefficient (Wildman–Crippen LogP) is 5.63. The molecule has 4 aromatic carbocycles. The first-order valence-corrected chi connectivity index (χ1v) is 13.8. The molecule has 5 heteroatoms. The number of halogens is 1. The molecule has 0 unspecified atom stereocenters. The van der Waals surface area contributed by atoms with Gasteiger partial charge in [0.1, 0.15) is 12.9 Å². The van der Waals surface area contributed by atoms with Crippen molar-refractivity contribution in [1.29, 1.82) is 0 Å². The molecule has 0 spiro atoms. The van der Waals surface area contributed by atoms with Gasteiger partial charge in [0.25, 0.3) is 0 Å². The van der Waals surface area contributed by atoms with Crippen molar-refractivity contribution in [2.24, 2.45) is 7.05 Å². The predicted molar refractivity (Wildman–Crippen MR) is 167 cm³/mol. The average Bonchev–Trinajstić information content (AvgIpc) is 3.42. The van der Waals surface area contributed by atoms with Crippen molar-refractivity contribution in [3.8, 4) is 33.9 Å². The van der Waals surface area contributed by atoms with E-state index in [0.29, 0.717) is 0 Å². The number of aryl methyl sites for hydroxylation is 1. The van der Waals surface area contributed by atoms with Crippen molar-refractivity contribution < 1.29 is 28.5 Å². The molecule has 0 aliphatic carbocycles. The molecule has 42 heavy (non-hydrogen) atoms. The van der Waals surface area contributed by atoms with E-state index in [-0.39, 0.29) is 24.0 Å². The van der Waals surface area contributed by atoms with Crippen molar-refractivity contribution in [3.63, 3.8) is 0 Å². The Morgan fingerprint density at radius 2 is 1.07 bits per heavy atom. The molecule has 4 nitrogen and oxygen atoms in total. The zero-order valence-electron chi connectivity index (χ0n) is 23.2. The van der Waals surface area contributed by atoms with Crippen molar-refractivity contribution in [2.75, 3.05) is 4.90 Å². The number of nitrogens with zero attached hydrogens (tertiary/aromatic N) is 4. The highest BCUT2D eigenvalue weighted by atomic mass is 127. The molecule has 7 rings (SSSR count). The molecule has 7 aromatic rings. The molecule has 0 N–H and O–H groups in total. The van der Waals surface area contributed by atoms with Crippen LogP contribution in [0, 0.1) is 0 Å². The van der Waals surface area contributed by atoms with Gasteiger partial charge < -0.3 is 28.9 Å². The SMILES string of the molecule is C[n+]1ccccc1-c1nc(-c2ccc(-c3ccc(N(c4ccccc4)c4ccccc4)cc3)cc2)n2ccccc12.[I-]. The van der Waals surface area contributed by atoms with Gasteiger partial charge >= 0.3 is 0 Å². The molecule has 0 saturated heterocycles.